The fourth-order valence-electron chi connectivity index (χ4n) is 2.55. The van der Waals surface area contributed by atoms with E-state index < -0.39 is 5.97 Å². The summed E-state index contributed by atoms with van der Waals surface area (Å²) in [4.78, 5) is 0. The van der Waals surface area contributed by atoms with Crippen LogP contribution in [0.2, 0.25) is 0 Å². The largest absolute Gasteiger partial charge is 0.321 e. The predicted molar refractivity (Wildman–Crippen MR) is 50.6 cm³/mol. The molecule has 0 spiro atoms. The van der Waals surface area contributed by atoms with Gasteiger partial charge >= 0.3 is 5.97 Å². The minimum atomic E-state index is -0.829. The second-order valence-corrected chi connectivity index (χ2v) is 4.28. The van der Waals surface area contributed by atoms with Crippen LogP contribution < -0.4 is 0 Å². The molecule has 2 heterocycles. The second kappa shape index (κ2) is 3.05. The van der Waals surface area contributed by atoms with E-state index in [4.69, 9.17) is 14.2 Å². The lowest BCUT2D eigenvalue weighted by molar-refractivity contribution is -0.341. The summed E-state index contributed by atoms with van der Waals surface area (Å²) < 4.78 is 17.5. The maximum atomic E-state index is 5.83. The van der Waals surface area contributed by atoms with E-state index >= 15 is 0 Å². The summed E-state index contributed by atoms with van der Waals surface area (Å²) in [5.41, 5.74) is 0. The van der Waals surface area contributed by atoms with E-state index in [1.807, 2.05) is 12.2 Å². The standard InChI is InChI=1S/C11H16O3/c1-2-3-6-11-12-8-4-5-9(13-11)10(7-8)14-11/h3,6,8-10H,2,4-5,7H2,1H3/b6-3+/t8-,9+,10-,11?/m1/s1. The molecule has 78 valence electrons. The third kappa shape index (κ3) is 1.23. The Morgan fingerprint density at radius 3 is 2.93 bits per heavy atom. The molecule has 1 saturated carbocycles. The second-order valence-electron chi connectivity index (χ2n) is 4.28. The number of fused-ring (bicyclic) bond motifs is 2. The van der Waals surface area contributed by atoms with Crippen LogP contribution in [0.25, 0.3) is 0 Å². The molecule has 0 N–H and O–H groups in total. The molecular formula is C11H16O3. The summed E-state index contributed by atoms with van der Waals surface area (Å²) >= 11 is 0. The molecule has 0 aromatic rings. The molecule has 0 aromatic heterocycles. The highest BCUT2D eigenvalue weighted by atomic mass is 16.9. The number of hydrogen-bond donors (Lipinski definition) is 0. The van der Waals surface area contributed by atoms with Crippen molar-refractivity contribution in [1.29, 1.82) is 0 Å². The van der Waals surface area contributed by atoms with Crippen molar-refractivity contribution >= 4 is 0 Å². The molecule has 3 aliphatic rings. The molecule has 2 aliphatic heterocycles. The van der Waals surface area contributed by atoms with Gasteiger partial charge in [-0.15, -0.1) is 0 Å². The van der Waals surface area contributed by atoms with Crippen LogP contribution in [0.5, 0.6) is 0 Å². The molecule has 3 nitrogen and oxygen atoms in total. The van der Waals surface area contributed by atoms with Crippen LogP contribution in [0, 0.1) is 0 Å². The molecule has 0 amide bonds. The van der Waals surface area contributed by atoms with Crippen molar-refractivity contribution in [2.75, 3.05) is 0 Å². The van der Waals surface area contributed by atoms with Gasteiger partial charge in [-0.25, -0.2) is 0 Å². The Hall–Kier alpha value is -0.380. The van der Waals surface area contributed by atoms with Crippen molar-refractivity contribution in [1.82, 2.24) is 0 Å². The lowest BCUT2D eigenvalue weighted by atomic mass is 9.92. The van der Waals surface area contributed by atoms with E-state index in [1.165, 1.54) is 0 Å². The molecule has 3 rings (SSSR count). The molecule has 1 unspecified atom stereocenters. The highest BCUT2D eigenvalue weighted by Gasteiger charge is 2.55. The minimum Gasteiger partial charge on any atom is -0.321 e. The molecule has 3 fully saturated rings. The Labute approximate surface area is 84.0 Å². The van der Waals surface area contributed by atoms with Crippen LogP contribution in [-0.2, 0) is 14.2 Å². The van der Waals surface area contributed by atoms with Crippen LogP contribution >= 0.6 is 0 Å². The highest BCUT2D eigenvalue weighted by Crippen LogP contribution is 2.46. The summed E-state index contributed by atoms with van der Waals surface area (Å²) in [6, 6.07) is 0. The molecule has 1 aliphatic carbocycles. The van der Waals surface area contributed by atoms with Gasteiger partial charge in [0.1, 0.15) is 0 Å². The zero-order valence-corrected chi connectivity index (χ0v) is 8.44. The van der Waals surface area contributed by atoms with Crippen LogP contribution in [0.4, 0.5) is 0 Å². The monoisotopic (exact) mass is 196 g/mol. The van der Waals surface area contributed by atoms with Crippen LogP contribution in [0.1, 0.15) is 32.6 Å². The fourth-order valence-corrected chi connectivity index (χ4v) is 2.55. The van der Waals surface area contributed by atoms with E-state index in [0.29, 0.717) is 6.10 Å². The summed E-state index contributed by atoms with van der Waals surface area (Å²) in [7, 11) is 0. The Kier molecular flexibility index (Phi) is 1.94. The molecule has 2 saturated heterocycles. The summed E-state index contributed by atoms with van der Waals surface area (Å²) in [5, 5.41) is 0. The van der Waals surface area contributed by atoms with Crippen molar-refractivity contribution in [3.05, 3.63) is 12.2 Å². The minimum absolute atomic E-state index is 0.259. The normalized spacial score (nSPS) is 50.5. The first-order chi connectivity index (χ1) is 6.81. The van der Waals surface area contributed by atoms with Crippen molar-refractivity contribution in [2.24, 2.45) is 0 Å². The van der Waals surface area contributed by atoms with Crippen molar-refractivity contribution in [2.45, 2.75) is 56.9 Å². The van der Waals surface area contributed by atoms with E-state index in [0.717, 1.165) is 25.7 Å². The third-order valence-corrected chi connectivity index (χ3v) is 3.20. The maximum absolute atomic E-state index is 5.83. The van der Waals surface area contributed by atoms with Gasteiger partial charge in [0.25, 0.3) is 0 Å². The van der Waals surface area contributed by atoms with Gasteiger partial charge in [-0.3, -0.25) is 0 Å². The van der Waals surface area contributed by atoms with Gasteiger partial charge < -0.3 is 14.2 Å². The smallest absolute Gasteiger partial charge is 0.305 e. The molecular weight excluding hydrogens is 180 g/mol. The van der Waals surface area contributed by atoms with Gasteiger partial charge in [0.05, 0.1) is 18.3 Å². The van der Waals surface area contributed by atoms with Gasteiger partial charge in [-0.1, -0.05) is 13.0 Å². The Balaban J connectivity index is 1.85. The molecule has 3 bridgehead atoms. The Bertz CT molecular complexity index is 259. The Morgan fingerprint density at radius 2 is 2.07 bits per heavy atom. The first kappa shape index (κ1) is 8.89. The SMILES string of the molecule is CC/C=C/C12O[C@@H]3CC[C@H](O1)[C@@H](C3)O2. The van der Waals surface area contributed by atoms with Gasteiger partial charge in [-0.2, -0.15) is 0 Å². The summed E-state index contributed by atoms with van der Waals surface area (Å²) in [5.74, 6) is -0.829. The van der Waals surface area contributed by atoms with Crippen LogP contribution in [0.15, 0.2) is 12.2 Å². The van der Waals surface area contributed by atoms with E-state index in [-0.39, 0.29) is 12.2 Å². The number of rotatable bonds is 2. The zero-order chi connectivity index (χ0) is 9.60. The molecule has 14 heavy (non-hydrogen) atoms. The van der Waals surface area contributed by atoms with Crippen molar-refractivity contribution < 1.29 is 14.2 Å². The summed E-state index contributed by atoms with van der Waals surface area (Å²) in [6.07, 6.45) is 9.03. The van der Waals surface area contributed by atoms with Crippen molar-refractivity contribution in [3.8, 4) is 0 Å². The molecule has 3 heteroatoms. The first-order valence-corrected chi connectivity index (χ1v) is 5.52. The van der Waals surface area contributed by atoms with E-state index in [1.54, 1.807) is 0 Å². The van der Waals surface area contributed by atoms with Gasteiger partial charge in [0, 0.05) is 12.5 Å². The third-order valence-electron chi connectivity index (χ3n) is 3.20. The Morgan fingerprint density at radius 1 is 1.21 bits per heavy atom. The quantitative estimate of drug-likeness (QED) is 0.632. The molecule has 0 aromatic carbocycles. The van der Waals surface area contributed by atoms with Crippen LogP contribution in [0.3, 0.4) is 0 Å². The lowest BCUT2D eigenvalue weighted by Gasteiger charge is -2.35. The highest BCUT2D eigenvalue weighted by molar-refractivity contribution is 5.02. The number of hydrogen-bond acceptors (Lipinski definition) is 3. The van der Waals surface area contributed by atoms with Gasteiger partial charge in [0.2, 0.25) is 0 Å². The van der Waals surface area contributed by atoms with Gasteiger partial charge in [-0.05, 0) is 19.3 Å². The van der Waals surface area contributed by atoms with Crippen LogP contribution in [-0.4, -0.2) is 24.3 Å². The lowest BCUT2D eigenvalue weighted by Crippen LogP contribution is -2.43. The van der Waals surface area contributed by atoms with E-state index in [2.05, 4.69) is 6.92 Å². The fraction of sp³-hybridized carbons (Fsp3) is 0.818. The zero-order valence-electron chi connectivity index (χ0n) is 8.44. The van der Waals surface area contributed by atoms with E-state index in [9.17, 15) is 0 Å². The average molecular weight is 196 g/mol. The number of allylic oxidation sites excluding steroid dienone is 1. The molecule has 4 atom stereocenters. The molecule has 0 radical (unpaired) electrons. The van der Waals surface area contributed by atoms with Gasteiger partial charge in [0.15, 0.2) is 0 Å². The van der Waals surface area contributed by atoms with Crippen molar-refractivity contribution in [3.63, 3.8) is 0 Å². The predicted octanol–water partition coefficient (Wildman–Crippen LogP) is 1.97. The average Bonchev–Trinajstić information content (AvgIpc) is 2.35. The topological polar surface area (TPSA) is 27.7 Å². The first-order valence-electron chi connectivity index (χ1n) is 5.52. The summed E-state index contributed by atoms with van der Waals surface area (Å²) in [6.45, 7) is 2.09. The maximum Gasteiger partial charge on any atom is 0.305 e. The number of ether oxygens (including phenoxy) is 3.